The molecular weight excluding hydrogens is 492 g/mol. The van der Waals surface area contributed by atoms with Crippen molar-refractivity contribution in [1.82, 2.24) is 15.3 Å². The molecule has 5 heterocycles. The molecule has 0 saturated carbocycles. The topological polar surface area (TPSA) is 109 Å². The quantitative estimate of drug-likeness (QED) is 0.490. The van der Waals surface area contributed by atoms with E-state index in [2.05, 4.69) is 25.5 Å². The largest absolute Gasteiger partial charge is 0.491 e. The third-order valence-corrected chi connectivity index (χ3v) is 7.67. The molecule has 0 aliphatic carbocycles. The van der Waals surface area contributed by atoms with Gasteiger partial charge in [-0.05, 0) is 36.6 Å². The van der Waals surface area contributed by atoms with Gasteiger partial charge in [0.1, 0.15) is 18.1 Å². The Morgan fingerprint density at radius 2 is 2.16 bits per heavy atom. The van der Waals surface area contributed by atoms with Gasteiger partial charge < -0.3 is 25.0 Å². The minimum absolute atomic E-state index is 0.111. The van der Waals surface area contributed by atoms with Gasteiger partial charge in [-0.2, -0.15) is 0 Å². The summed E-state index contributed by atoms with van der Waals surface area (Å²) >= 11 is 1.27. The average molecular weight is 521 g/mol. The van der Waals surface area contributed by atoms with Crippen LogP contribution in [0.5, 0.6) is 5.75 Å². The van der Waals surface area contributed by atoms with Crippen molar-refractivity contribution < 1.29 is 19.1 Å². The SMILES string of the molecule is O=C(Nc1cnccc1N1CCNCC1)c1csc(N2Cc3ccc(OCC4CCCO4)cc3C2=O)n1. The Morgan fingerprint density at radius 1 is 1.27 bits per heavy atom. The second-order valence-electron chi connectivity index (χ2n) is 9.26. The predicted molar refractivity (Wildman–Crippen MR) is 141 cm³/mol. The molecule has 2 fully saturated rings. The van der Waals surface area contributed by atoms with Crippen LogP contribution in [-0.4, -0.2) is 67.3 Å². The van der Waals surface area contributed by atoms with Gasteiger partial charge in [-0.15, -0.1) is 11.3 Å². The first kappa shape index (κ1) is 23.8. The normalized spacial score (nSPS) is 19.2. The molecule has 0 spiro atoms. The summed E-state index contributed by atoms with van der Waals surface area (Å²) in [4.78, 5) is 38.7. The van der Waals surface area contributed by atoms with Gasteiger partial charge in [-0.25, -0.2) is 4.98 Å². The Hall–Kier alpha value is -3.54. The zero-order chi connectivity index (χ0) is 25.2. The molecule has 11 heteroatoms. The molecule has 0 radical (unpaired) electrons. The molecule has 37 heavy (non-hydrogen) atoms. The number of piperazine rings is 1. The van der Waals surface area contributed by atoms with Crippen LogP contribution in [-0.2, 0) is 11.3 Å². The van der Waals surface area contributed by atoms with Crippen LogP contribution < -0.4 is 25.2 Å². The summed E-state index contributed by atoms with van der Waals surface area (Å²) in [6.45, 7) is 5.15. The molecule has 2 aromatic heterocycles. The van der Waals surface area contributed by atoms with Crippen LogP contribution in [0.15, 0.2) is 42.0 Å². The number of fused-ring (bicyclic) bond motifs is 1. The number of hydrogen-bond acceptors (Lipinski definition) is 9. The van der Waals surface area contributed by atoms with Crippen LogP contribution >= 0.6 is 11.3 Å². The van der Waals surface area contributed by atoms with E-state index >= 15 is 0 Å². The van der Waals surface area contributed by atoms with Crippen molar-refractivity contribution in [2.75, 3.05) is 54.5 Å². The molecule has 1 atom stereocenters. The van der Waals surface area contributed by atoms with Gasteiger partial charge in [0.05, 0.1) is 30.2 Å². The Balaban J connectivity index is 1.13. The fourth-order valence-electron chi connectivity index (χ4n) is 4.83. The van der Waals surface area contributed by atoms with Gasteiger partial charge in [0.25, 0.3) is 11.8 Å². The third kappa shape index (κ3) is 5.02. The lowest BCUT2D eigenvalue weighted by Gasteiger charge is -2.30. The lowest BCUT2D eigenvalue weighted by atomic mass is 10.1. The maximum absolute atomic E-state index is 13.2. The molecule has 1 unspecified atom stereocenters. The van der Waals surface area contributed by atoms with Crippen LogP contribution in [0.2, 0.25) is 0 Å². The van der Waals surface area contributed by atoms with E-state index in [1.165, 1.54) is 11.3 Å². The number of carbonyl (C=O) groups is 2. The molecule has 3 aliphatic heterocycles. The number of rotatable bonds is 7. The van der Waals surface area contributed by atoms with E-state index in [-0.39, 0.29) is 23.6 Å². The highest BCUT2D eigenvalue weighted by molar-refractivity contribution is 7.14. The van der Waals surface area contributed by atoms with E-state index in [4.69, 9.17) is 9.47 Å². The summed E-state index contributed by atoms with van der Waals surface area (Å²) in [7, 11) is 0. The molecule has 3 aliphatic rings. The smallest absolute Gasteiger partial charge is 0.275 e. The average Bonchev–Trinajstić information content (AvgIpc) is 3.69. The van der Waals surface area contributed by atoms with Crippen LogP contribution in [0.25, 0.3) is 0 Å². The fraction of sp³-hybridized carbons (Fsp3) is 0.385. The van der Waals surface area contributed by atoms with Crippen molar-refractivity contribution in [3.05, 3.63) is 58.9 Å². The lowest BCUT2D eigenvalue weighted by Crippen LogP contribution is -2.43. The number of thiazole rings is 1. The number of aromatic nitrogens is 2. The van der Waals surface area contributed by atoms with E-state index in [1.807, 2.05) is 18.2 Å². The molecule has 10 nitrogen and oxygen atoms in total. The maximum Gasteiger partial charge on any atom is 0.275 e. The van der Waals surface area contributed by atoms with Crippen molar-refractivity contribution in [2.24, 2.45) is 0 Å². The fourth-order valence-corrected chi connectivity index (χ4v) is 5.64. The minimum Gasteiger partial charge on any atom is -0.491 e. The van der Waals surface area contributed by atoms with Gasteiger partial charge in [-0.1, -0.05) is 6.07 Å². The Morgan fingerprint density at radius 3 is 3.00 bits per heavy atom. The molecule has 3 aromatic rings. The highest BCUT2D eigenvalue weighted by Crippen LogP contribution is 2.33. The first-order valence-corrected chi connectivity index (χ1v) is 13.4. The van der Waals surface area contributed by atoms with Gasteiger partial charge in [0.2, 0.25) is 0 Å². The highest BCUT2D eigenvalue weighted by Gasteiger charge is 2.31. The number of benzene rings is 1. The predicted octanol–water partition coefficient (Wildman–Crippen LogP) is 2.92. The highest BCUT2D eigenvalue weighted by atomic mass is 32.1. The lowest BCUT2D eigenvalue weighted by molar-refractivity contribution is 0.0679. The van der Waals surface area contributed by atoms with Crippen molar-refractivity contribution in [1.29, 1.82) is 0 Å². The summed E-state index contributed by atoms with van der Waals surface area (Å²) in [5, 5.41) is 8.45. The molecular formula is C26H28N6O4S. The Bertz CT molecular complexity index is 1300. The van der Waals surface area contributed by atoms with E-state index < -0.39 is 0 Å². The number of nitrogens with zero attached hydrogens (tertiary/aromatic N) is 4. The van der Waals surface area contributed by atoms with E-state index in [9.17, 15) is 9.59 Å². The van der Waals surface area contributed by atoms with Crippen molar-refractivity contribution in [2.45, 2.75) is 25.5 Å². The number of anilines is 3. The first-order valence-electron chi connectivity index (χ1n) is 12.5. The third-order valence-electron chi connectivity index (χ3n) is 6.80. The molecule has 0 bridgehead atoms. The number of amides is 2. The first-order chi connectivity index (χ1) is 18.2. The van der Waals surface area contributed by atoms with Crippen LogP contribution in [0.3, 0.4) is 0 Å². The molecule has 2 amide bonds. The zero-order valence-corrected chi connectivity index (χ0v) is 21.1. The van der Waals surface area contributed by atoms with Gasteiger partial charge in [0.15, 0.2) is 5.13 Å². The molecule has 192 valence electrons. The van der Waals surface area contributed by atoms with Crippen LogP contribution in [0.1, 0.15) is 39.3 Å². The standard InChI is InChI=1S/C26H28N6O4S/c33-24(29-21-13-28-6-5-23(21)31-9-7-27-8-10-31)22-16-37-26(30-22)32-14-17-3-4-18(12-20(17)25(32)34)36-15-19-2-1-11-35-19/h3-6,12-13,16,19,27H,1-2,7-11,14-15H2,(H,29,33). The van der Waals surface area contributed by atoms with E-state index in [0.29, 0.717) is 35.3 Å². The summed E-state index contributed by atoms with van der Waals surface area (Å²) in [6.07, 6.45) is 5.54. The molecule has 1 aromatic carbocycles. The van der Waals surface area contributed by atoms with Crippen molar-refractivity contribution in [3.63, 3.8) is 0 Å². The van der Waals surface area contributed by atoms with Crippen molar-refractivity contribution >= 4 is 39.7 Å². The van der Waals surface area contributed by atoms with Gasteiger partial charge >= 0.3 is 0 Å². The molecule has 2 saturated heterocycles. The zero-order valence-electron chi connectivity index (χ0n) is 20.3. The van der Waals surface area contributed by atoms with Gasteiger partial charge in [0, 0.05) is 49.9 Å². The summed E-state index contributed by atoms with van der Waals surface area (Å²) in [6, 6.07) is 7.49. The van der Waals surface area contributed by atoms with Gasteiger partial charge in [-0.3, -0.25) is 19.5 Å². The van der Waals surface area contributed by atoms with Crippen LogP contribution in [0, 0.1) is 0 Å². The molecule has 2 N–H and O–H groups in total. The minimum atomic E-state index is -0.333. The van der Waals surface area contributed by atoms with Crippen LogP contribution in [0.4, 0.5) is 16.5 Å². The number of hydrogen-bond donors (Lipinski definition) is 2. The molecule has 6 rings (SSSR count). The Kier molecular flexibility index (Phi) is 6.73. The number of carbonyl (C=O) groups excluding carboxylic acids is 2. The van der Waals surface area contributed by atoms with Crippen molar-refractivity contribution in [3.8, 4) is 5.75 Å². The number of nitrogens with one attached hydrogen (secondary N) is 2. The summed E-state index contributed by atoms with van der Waals surface area (Å²) in [5.41, 5.74) is 3.35. The van der Waals surface area contributed by atoms with E-state index in [1.54, 1.807) is 28.7 Å². The number of ether oxygens (including phenoxy) is 2. The monoisotopic (exact) mass is 520 g/mol. The maximum atomic E-state index is 13.2. The second kappa shape index (κ2) is 10.4. The summed E-state index contributed by atoms with van der Waals surface area (Å²) in [5.74, 6) is 0.174. The number of pyridine rings is 1. The van der Waals surface area contributed by atoms with E-state index in [0.717, 1.165) is 56.9 Å². The second-order valence-corrected chi connectivity index (χ2v) is 10.1. The Labute approximate surface area is 218 Å². The summed E-state index contributed by atoms with van der Waals surface area (Å²) < 4.78 is 11.5.